The second-order valence-corrected chi connectivity index (χ2v) is 16.7. The number of fused-ring (bicyclic) bond motifs is 9. The highest BCUT2D eigenvalue weighted by Gasteiger charge is 2.23. The second-order valence-electron chi connectivity index (χ2n) is 16.7. The predicted molar refractivity (Wildman–Crippen MR) is 266 cm³/mol. The molecule has 1 aliphatic rings. The molecule has 0 amide bonds. The molecule has 5 nitrogen and oxygen atoms in total. The van der Waals surface area contributed by atoms with Crippen molar-refractivity contribution in [3.05, 3.63) is 218 Å². The van der Waals surface area contributed by atoms with Gasteiger partial charge in [0, 0.05) is 43.6 Å². The molecule has 0 radical (unpaired) electrons. The van der Waals surface area contributed by atoms with Gasteiger partial charge >= 0.3 is 0 Å². The summed E-state index contributed by atoms with van der Waals surface area (Å²) < 4.78 is 5.06. The minimum Gasteiger partial charge on any atom is -0.333 e. The maximum Gasteiger partial charge on any atom is 0.164 e. The average Bonchev–Trinajstić information content (AvgIpc) is 3.87. The van der Waals surface area contributed by atoms with Crippen LogP contribution in [0.3, 0.4) is 0 Å². The Bertz CT molecular complexity index is 3800. The topological polar surface area (TPSA) is 48.5 Å². The van der Waals surface area contributed by atoms with Crippen LogP contribution in [-0.4, -0.2) is 24.1 Å². The van der Waals surface area contributed by atoms with E-state index in [4.69, 9.17) is 15.0 Å². The van der Waals surface area contributed by atoms with E-state index in [2.05, 4.69) is 167 Å². The van der Waals surface area contributed by atoms with Crippen LogP contribution >= 0.6 is 0 Å². The van der Waals surface area contributed by atoms with Crippen molar-refractivity contribution < 1.29 is 0 Å². The average molecular weight is 818 g/mol. The Balaban J connectivity index is 1.07. The van der Waals surface area contributed by atoms with Gasteiger partial charge in [-0.2, -0.15) is 0 Å². The third kappa shape index (κ3) is 5.82. The SMILES string of the molecule is C1=CCC(n2c3cc4c(cc3c3c5ccccc5ccc32)c2cc(-c3ccccc3)ccc2n4-c2cccc3cc(-c4nc(-c5ccccc5)nc(-c5ccccc5)n4)ccc23)C=C1. The van der Waals surface area contributed by atoms with Crippen molar-refractivity contribution >= 4 is 65.2 Å². The van der Waals surface area contributed by atoms with Crippen molar-refractivity contribution in [2.75, 3.05) is 0 Å². The quantitative estimate of drug-likeness (QED) is 0.168. The van der Waals surface area contributed by atoms with Crippen molar-refractivity contribution in [1.29, 1.82) is 0 Å². The Morgan fingerprint density at radius 3 is 1.75 bits per heavy atom. The molecule has 5 heteroatoms. The van der Waals surface area contributed by atoms with Gasteiger partial charge in [0.15, 0.2) is 17.5 Å². The van der Waals surface area contributed by atoms with Crippen molar-refractivity contribution in [1.82, 2.24) is 24.1 Å². The second kappa shape index (κ2) is 14.6. The molecule has 0 saturated heterocycles. The predicted octanol–water partition coefficient (Wildman–Crippen LogP) is 15.1. The first kappa shape index (κ1) is 36.3. The number of rotatable bonds is 6. The molecule has 0 N–H and O–H groups in total. The van der Waals surface area contributed by atoms with Crippen LogP contribution in [0.25, 0.3) is 116 Å². The summed E-state index contributed by atoms with van der Waals surface area (Å²) in [5.74, 6) is 1.93. The molecule has 3 aromatic heterocycles. The van der Waals surface area contributed by atoms with E-state index in [1.807, 2.05) is 60.7 Å². The first-order valence-electron chi connectivity index (χ1n) is 22.0. The van der Waals surface area contributed by atoms with Gasteiger partial charge in [0.1, 0.15) is 0 Å². The van der Waals surface area contributed by atoms with Crippen molar-refractivity contribution in [3.8, 4) is 51.0 Å². The molecule has 0 bridgehead atoms. The van der Waals surface area contributed by atoms with Crippen LogP contribution in [0, 0.1) is 0 Å². The molecular weight excluding hydrogens is 779 g/mol. The van der Waals surface area contributed by atoms with E-state index < -0.39 is 0 Å². The molecule has 1 atom stereocenters. The van der Waals surface area contributed by atoms with Crippen molar-refractivity contribution in [3.63, 3.8) is 0 Å². The van der Waals surface area contributed by atoms with Crippen LogP contribution in [0.4, 0.5) is 0 Å². The summed E-state index contributed by atoms with van der Waals surface area (Å²) in [6.45, 7) is 0. The van der Waals surface area contributed by atoms with Crippen LogP contribution in [0.5, 0.6) is 0 Å². The molecule has 0 saturated carbocycles. The summed E-state index contributed by atoms with van der Waals surface area (Å²) in [5.41, 5.74) is 11.2. The number of aromatic nitrogens is 5. The van der Waals surface area contributed by atoms with E-state index in [1.165, 1.54) is 60.0 Å². The molecule has 1 unspecified atom stereocenters. The minimum absolute atomic E-state index is 0.197. The highest BCUT2D eigenvalue weighted by atomic mass is 15.0. The van der Waals surface area contributed by atoms with E-state index in [9.17, 15) is 0 Å². The van der Waals surface area contributed by atoms with Gasteiger partial charge in [0.25, 0.3) is 0 Å². The Hall–Kier alpha value is -8.41. The van der Waals surface area contributed by atoms with Crippen LogP contribution in [0.2, 0.25) is 0 Å². The fourth-order valence-corrected chi connectivity index (χ4v) is 10.1. The number of benzene rings is 9. The van der Waals surface area contributed by atoms with Crippen LogP contribution < -0.4 is 0 Å². The van der Waals surface area contributed by atoms with Gasteiger partial charge in [-0.3, -0.25) is 0 Å². The van der Waals surface area contributed by atoms with Gasteiger partial charge in [-0.25, -0.2) is 15.0 Å². The first-order valence-corrected chi connectivity index (χ1v) is 22.0. The molecular formula is C59H39N5. The summed E-state index contributed by atoms with van der Waals surface area (Å²) in [5, 5.41) is 9.81. The van der Waals surface area contributed by atoms with Gasteiger partial charge in [-0.1, -0.05) is 176 Å². The minimum atomic E-state index is 0.197. The van der Waals surface area contributed by atoms with E-state index in [-0.39, 0.29) is 6.04 Å². The summed E-state index contributed by atoms with van der Waals surface area (Å²) in [6, 6.07) is 69.8. The van der Waals surface area contributed by atoms with Gasteiger partial charge in [0.05, 0.1) is 33.8 Å². The number of hydrogen-bond acceptors (Lipinski definition) is 3. The molecule has 9 aromatic carbocycles. The van der Waals surface area contributed by atoms with Gasteiger partial charge < -0.3 is 9.13 Å². The van der Waals surface area contributed by atoms with E-state index in [0.717, 1.165) is 45.1 Å². The Morgan fingerprint density at radius 1 is 0.375 bits per heavy atom. The largest absolute Gasteiger partial charge is 0.333 e. The fraction of sp³-hybridized carbons (Fsp3) is 0.0339. The normalized spacial score (nSPS) is 13.9. The van der Waals surface area contributed by atoms with E-state index in [0.29, 0.717) is 17.5 Å². The molecule has 12 aromatic rings. The summed E-state index contributed by atoms with van der Waals surface area (Å²) in [4.78, 5) is 15.1. The third-order valence-corrected chi connectivity index (χ3v) is 13.0. The molecule has 0 spiro atoms. The summed E-state index contributed by atoms with van der Waals surface area (Å²) >= 11 is 0. The highest BCUT2D eigenvalue weighted by molar-refractivity contribution is 6.25. The number of allylic oxidation sites excluding steroid dienone is 4. The summed E-state index contributed by atoms with van der Waals surface area (Å²) in [7, 11) is 0. The van der Waals surface area contributed by atoms with Crippen LogP contribution in [-0.2, 0) is 0 Å². The standard InChI is InChI=1S/C59H39N5/c1-5-16-38(17-6-1)42-30-32-52-48(35-42)49-36-50-55(63(45-24-11-4-12-25-45)53-33-29-39-18-13-14-26-47(39)56(50)53)37-54(49)64(52)51-27-15-23-43-34-44(28-31-46(43)51)59-61-57(40-19-7-2-8-20-40)60-58(62-59)41-21-9-3-10-22-41/h1-24,26-37,45H,25H2. The lowest BCUT2D eigenvalue weighted by Crippen LogP contribution is -2.06. The maximum absolute atomic E-state index is 5.07. The Kier molecular flexibility index (Phi) is 8.28. The van der Waals surface area contributed by atoms with Gasteiger partial charge in [-0.05, 0) is 76.2 Å². The lowest BCUT2D eigenvalue weighted by molar-refractivity contribution is 0.648. The van der Waals surface area contributed by atoms with Gasteiger partial charge in [0.2, 0.25) is 0 Å². The molecule has 300 valence electrons. The van der Waals surface area contributed by atoms with Crippen molar-refractivity contribution in [2.24, 2.45) is 0 Å². The summed E-state index contributed by atoms with van der Waals surface area (Å²) in [6.07, 6.45) is 9.93. The van der Waals surface area contributed by atoms with Crippen LogP contribution in [0.1, 0.15) is 12.5 Å². The van der Waals surface area contributed by atoms with Gasteiger partial charge in [-0.15, -0.1) is 0 Å². The van der Waals surface area contributed by atoms with Crippen molar-refractivity contribution in [2.45, 2.75) is 12.5 Å². The Labute approximate surface area is 369 Å². The molecule has 0 aliphatic heterocycles. The zero-order valence-electron chi connectivity index (χ0n) is 34.8. The molecule has 13 rings (SSSR count). The first-order chi connectivity index (χ1) is 31.7. The zero-order valence-corrected chi connectivity index (χ0v) is 34.8. The molecule has 64 heavy (non-hydrogen) atoms. The van der Waals surface area contributed by atoms with Crippen LogP contribution in [0.15, 0.2) is 218 Å². The fourth-order valence-electron chi connectivity index (χ4n) is 10.1. The number of nitrogens with zero attached hydrogens (tertiary/aromatic N) is 5. The zero-order chi connectivity index (χ0) is 42.1. The lowest BCUT2D eigenvalue weighted by atomic mass is 10.0. The van der Waals surface area contributed by atoms with E-state index >= 15 is 0 Å². The maximum atomic E-state index is 5.07. The smallest absolute Gasteiger partial charge is 0.164 e. The lowest BCUT2D eigenvalue weighted by Gasteiger charge is -2.19. The molecule has 3 heterocycles. The Morgan fingerprint density at radius 2 is 1.02 bits per heavy atom. The molecule has 0 fully saturated rings. The molecule has 1 aliphatic carbocycles. The monoisotopic (exact) mass is 817 g/mol. The van der Waals surface area contributed by atoms with E-state index in [1.54, 1.807) is 0 Å². The highest BCUT2D eigenvalue weighted by Crippen LogP contribution is 2.44. The third-order valence-electron chi connectivity index (χ3n) is 13.0. The number of hydrogen-bond donors (Lipinski definition) is 0.